The van der Waals surface area contributed by atoms with Crippen molar-refractivity contribution in [3.05, 3.63) is 27.9 Å². The van der Waals surface area contributed by atoms with Crippen molar-refractivity contribution in [1.82, 2.24) is 19.8 Å². The van der Waals surface area contributed by atoms with Crippen LogP contribution in [0.1, 0.15) is 30.7 Å². The van der Waals surface area contributed by atoms with Gasteiger partial charge in [0.1, 0.15) is 11.9 Å². The number of carboxylic acid groups (broad SMARTS) is 1. The Hall–Kier alpha value is -2.22. The van der Waals surface area contributed by atoms with Crippen molar-refractivity contribution in [2.45, 2.75) is 38.6 Å². The summed E-state index contributed by atoms with van der Waals surface area (Å²) in [5, 5.41) is 9.30. The van der Waals surface area contributed by atoms with Gasteiger partial charge in [0, 0.05) is 31.4 Å². The minimum absolute atomic E-state index is 0.0164. The van der Waals surface area contributed by atoms with E-state index in [9.17, 15) is 19.5 Å². The number of nitrogens with zero attached hydrogens (tertiary/aromatic N) is 3. The lowest BCUT2D eigenvalue weighted by Crippen LogP contribution is -2.45. The Labute approximate surface area is 145 Å². The van der Waals surface area contributed by atoms with Gasteiger partial charge in [0.2, 0.25) is 5.91 Å². The number of carbonyl (C=O) groups excluding carboxylic acids is 1. The number of H-pyrrole nitrogens is 1. The number of hydrogen-bond donors (Lipinski definition) is 2. The molecule has 2 saturated heterocycles. The fraction of sp³-hybridized carbons (Fsp3) is 0.647. The maximum Gasteiger partial charge on any atom is 0.320 e. The maximum atomic E-state index is 12.5. The van der Waals surface area contributed by atoms with Crippen LogP contribution in [0.3, 0.4) is 0 Å². The molecule has 136 valence electrons. The van der Waals surface area contributed by atoms with Crippen LogP contribution in [0.15, 0.2) is 11.0 Å². The number of aromatic nitrogens is 2. The largest absolute Gasteiger partial charge is 0.480 e. The molecule has 0 saturated carbocycles. The molecule has 1 unspecified atom stereocenters. The van der Waals surface area contributed by atoms with E-state index in [1.807, 2.05) is 11.9 Å². The predicted octanol–water partition coefficient (Wildman–Crippen LogP) is 0.0183. The minimum atomic E-state index is -0.774. The molecule has 8 nitrogen and oxygen atoms in total. The lowest BCUT2D eigenvalue weighted by Gasteiger charge is -2.39. The van der Waals surface area contributed by atoms with E-state index in [0.29, 0.717) is 30.9 Å². The summed E-state index contributed by atoms with van der Waals surface area (Å²) in [6.07, 6.45) is 3.75. The first-order valence-corrected chi connectivity index (χ1v) is 8.55. The van der Waals surface area contributed by atoms with Gasteiger partial charge in [0.25, 0.3) is 5.56 Å². The molecule has 2 fully saturated rings. The highest BCUT2D eigenvalue weighted by Gasteiger charge is 2.47. The second kappa shape index (κ2) is 6.59. The molecule has 1 aromatic rings. The molecular formula is C17H24N4O4. The third kappa shape index (κ3) is 3.58. The van der Waals surface area contributed by atoms with Gasteiger partial charge in [-0.3, -0.25) is 19.3 Å². The number of aliphatic carboxylic acids is 1. The number of carbonyl (C=O) groups is 2. The molecule has 1 aromatic heterocycles. The topological polar surface area (TPSA) is 107 Å². The number of rotatable bonds is 3. The quantitative estimate of drug-likeness (QED) is 0.797. The summed E-state index contributed by atoms with van der Waals surface area (Å²) in [7, 11) is 1.85. The average Bonchev–Trinajstić information content (AvgIpc) is 2.87. The summed E-state index contributed by atoms with van der Waals surface area (Å²) in [5.41, 5.74) is 0.0933. The summed E-state index contributed by atoms with van der Waals surface area (Å²) >= 11 is 0. The molecular weight excluding hydrogens is 324 g/mol. The van der Waals surface area contributed by atoms with E-state index in [0.717, 1.165) is 19.4 Å². The van der Waals surface area contributed by atoms with Crippen molar-refractivity contribution in [3.8, 4) is 0 Å². The lowest BCUT2D eigenvalue weighted by molar-refractivity contribution is -0.142. The first-order valence-electron chi connectivity index (χ1n) is 8.55. The molecule has 2 N–H and O–H groups in total. The predicted molar refractivity (Wildman–Crippen MR) is 90.2 cm³/mol. The number of amides is 1. The number of piperidine rings is 1. The normalized spacial score (nSPS) is 23.1. The number of aryl methyl sites for hydroxylation is 1. The summed E-state index contributed by atoms with van der Waals surface area (Å²) in [6.45, 7) is 3.67. The van der Waals surface area contributed by atoms with Crippen LogP contribution in [0.2, 0.25) is 0 Å². The second-order valence-electron chi connectivity index (χ2n) is 7.35. The van der Waals surface area contributed by atoms with Crippen LogP contribution in [0.5, 0.6) is 0 Å². The Morgan fingerprint density at radius 3 is 2.64 bits per heavy atom. The number of nitrogens with one attached hydrogen (secondary N) is 1. The first-order chi connectivity index (χ1) is 11.8. The molecule has 0 aromatic carbocycles. The summed E-state index contributed by atoms with van der Waals surface area (Å²) < 4.78 is 0. The van der Waals surface area contributed by atoms with E-state index in [1.54, 1.807) is 11.8 Å². The van der Waals surface area contributed by atoms with Gasteiger partial charge >= 0.3 is 5.97 Å². The Bertz CT molecular complexity index is 736. The lowest BCUT2D eigenvalue weighted by atomic mass is 9.76. The van der Waals surface area contributed by atoms with Crippen LogP contribution in [0.4, 0.5) is 0 Å². The molecule has 8 heteroatoms. The molecule has 0 aliphatic carbocycles. The molecule has 3 heterocycles. The van der Waals surface area contributed by atoms with Crippen LogP contribution >= 0.6 is 0 Å². The van der Waals surface area contributed by atoms with Crippen molar-refractivity contribution >= 4 is 11.9 Å². The zero-order chi connectivity index (χ0) is 18.2. The fourth-order valence-corrected chi connectivity index (χ4v) is 4.05. The second-order valence-corrected chi connectivity index (χ2v) is 7.35. The third-order valence-electron chi connectivity index (χ3n) is 5.55. The Balaban J connectivity index is 1.60. The van der Waals surface area contributed by atoms with Gasteiger partial charge in [-0.15, -0.1) is 0 Å². The van der Waals surface area contributed by atoms with Crippen molar-refractivity contribution in [2.75, 3.05) is 26.7 Å². The first kappa shape index (κ1) is 17.6. The van der Waals surface area contributed by atoms with Crippen molar-refractivity contribution in [2.24, 2.45) is 5.41 Å². The smallest absolute Gasteiger partial charge is 0.320 e. The van der Waals surface area contributed by atoms with Crippen LogP contribution in [0.25, 0.3) is 0 Å². The fourth-order valence-electron chi connectivity index (χ4n) is 4.05. The van der Waals surface area contributed by atoms with Gasteiger partial charge in [-0.25, -0.2) is 4.98 Å². The van der Waals surface area contributed by atoms with Gasteiger partial charge in [0.15, 0.2) is 0 Å². The SMILES string of the molecule is Cc1ncc(CC(=O)N2CCC3(CC2)CC(C(=O)O)N(C)C3)c(=O)[nH]1. The highest BCUT2D eigenvalue weighted by atomic mass is 16.4. The van der Waals surface area contributed by atoms with Crippen molar-refractivity contribution in [1.29, 1.82) is 0 Å². The minimum Gasteiger partial charge on any atom is -0.480 e. The summed E-state index contributed by atoms with van der Waals surface area (Å²) in [6, 6.07) is -0.431. The average molecular weight is 348 g/mol. The molecule has 3 rings (SSSR count). The molecule has 0 radical (unpaired) electrons. The van der Waals surface area contributed by atoms with Gasteiger partial charge in [0.05, 0.1) is 6.42 Å². The summed E-state index contributed by atoms with van der Waals surface area (Å²) in [5.74, 6) is -0.324. The number of likely N-dealkylation sites (tertiary alicyclic amines) is 2. The standard InChI is InChI=1S/C17H24N4O4/c1-11-18-9-12(15(23)19-11)7-14(22)21-5-3-17(4-6-21)8-13(16(24)25)20(2)10-17/h9,13H,3-8,10H2,1-2H3,(H,24,25)(H,18,19,23). The summed E-state index contributed by atoms with van der Waals surface area (Å²) in [4.78, 5) is 46.0. The number of hydrogen-bond acceptors (Lipinski definition) is 5. The third-order valence-corrected chi connectivity index (χ3v) is 5.55. The van der Waals surface area contributed by atoms with Gasteiger partial charge in [-0.1, -0.05) is 0 Å². The number of carboxylic acids is 1. The Morgan fingerprint density at radius 2 is 2.08 bits per heavy atom. The molecule has 1 amide bonds. The van der Waals surface area contributed by atoms with E-state index >= 15 is 0 Å². The van der Waals surface area contributed by atoms with Crippen LogP contribution in [-0.4, -0.2) is 69.5 Å². The highest BCUT2D eigenvalue weighted by molar-refractivity contribution is 5.78. The zero-order valence-electron chi connectivity index (χ0n) is 14.6. The Morgan fingerprint density at radius 1 is 1.40 bits per heavy atom. The van der Waals surface area contributed by atoms with Crippen molar-refractivity contribution in [3.63, 3.8) is 0 Å². The van der Waals surface area contributed by atoms with Gasteiger partial charge in [-0.05, 0) is 38.6 Å². The number of likely N-dealkylation sites (N-methyl/N-ethyl adjacent to an activating group) is 1. The van der Waals surface area contributed by atoms with Crippen LogP contribution < -0.4 is 5.56 Å². The molecule has 2 aliphatic rings. The van der Waals surface area contributed by atoms with Crippen LogP contribution in [0, 0.1) is 12.3 Å². The highest BCUT2D eigenvalue weighted by Crippen LogP contribution is 2.42. The molecule has 2 aliphatic heterocycles. The van der Waals surface area contributed by atoms with Gasteiger partial charge in [-0.2, -0.15) is 0 Å². The Kier molecular flexibility index (Phi) is 4.64. The molecule has 1 atom stereocenters. The molecule has 25 heavy (non-hydrogen) atoms. The monoisotopic (exact) mass is 348 g/mol. The van der Waals surface area contributed by atoms with E-state index in [2.05, 4.69) is 9.97 Å². The number of aromatic amines is 1. The van der Waals surface area contributed by atoms with E-state index in [4.69, 9.17) is 0 Å². The molecule has 0 bridgehead atoms. The van der Waals surface area contributed by atoms with E-state index in [1.165, 1.54) is 6.20 Å². The molecule has 1 spiro atoms. The van der Waals surface area contributed by atoms with Crippen LogP contribution in [-0.2, 0) is 16.0 Å². The van der Waals surface area contributed by atoms with E-state index in [-0.39, 0.29) is 23.3 Å². The van der Waals surface area contributed by atoms with E-state index < -0.39 is 12.0 Å². The maximum absolute atomic E-state index is 12.5. The van der Waals surface area contributed by atoms with Crippen molar-refractivity contribution < 1.29 is 14.7 Å². The zero-order valence-corrected chi connectivity index (χ0v) is 14.6. The van der Waals surface area contributed by atoms with Gasteiger partial charge < -0.3 is 15.0 Å².